The Morgan fingerprint density at radius 1 is 1.06 bits per heavy atom. The van der Waals surface area contributed by atoms with Gasteiger partial charge >= 0.3 is 0 Å². The monoisotopic (exact) mass is 431 g/mol. The van der Waals surface area contributed by atoms with Gasteiger partial charge in [-0.25, -0.2) is 9.67 Å². The predicted molar refractivity (Wildman–Crippen MR) is 122 cm³/mol. The van der Waals surface area contributed by atoms with Crippen molar-refractivity contribution in [2.24, 2.45) is 0 Å². The molecule has 2 unspecified atom stereocenters. The minimum absolute atomic E-state index is 0.147. The van der Waals surface area contributed by atoms with E-state index in [0.717, 1.165) is 59.4 Å². The summed E-state index contributed by atoms with van der Waals surface area (Å²) in [5.74, 6) is 0.983. The Morgan fingerprint density at radius 3 is 2.53 bits per heavy atom. The number of carbonyl (C=O) groups excluding carboxylic acids is 1. The van der Waals surface area contributed by atoms with Gasteiger partial charge in [-0.1, -0.05) is 12.1 Å². The molecule has 7 nitrogen and oxygen atoms in total. The third-order valence-electron chi connectivity index (χ3n) is 7.79. The number of benzene rings is 1. The van der Waals surface area contributed by atoms with Gasteiger partial charge in [0, 0.05) is 37.3 Å². The minimum Gasteiger partial charge on any atom is -0.497 e. The Kier molecular flexibility index (Phi) is 4.68. The lowest BCUT2D eigenvalue weighted by molar-refractivity contribution is 0.0493. The zero-order valence-electron chi connectivity index (χ0n) is 18.7. The van der Waals surface area contributed by atoms with Crippen molar-refractivity contribution in [2.45, 2.75) is 56.8 Å². The number of fused-ring (bicyclic) bond motifs is 2. The topological polar surface area (TPSA) is 63.5 Å². The van der Waals surface area contributed by atoms with E-state index in [0.29, 0.717) is 24.7 Å². The van der Waals surface area contributed by atoms with Crippen molar-refractivity contribution in [1.82, 2.24) is 24.6 Å². The molecule has 0 radical (unpaired) electrons. The SMILES string of the molecule is COc1ccc(Cn2nc3c4c(ccnc42)C(=O)N(C2CC4CCC(C2)N4C)CC3)cc1. The van der Waals surface area contributed by atoms with Crippen LogP contribution in [0, 0.1) is 0 Å². The summed E-state index contributed by atoms with van der Waals surface area (Å²) < 4.78 is 7.20. The van der Waals surface area contributed by atoms with Gasteiger partial charge in [0.15, 0.2) is 5.65 Å². The molecule has 2 aromatic heterocycles. The minimum atomic E-state index is 0.147. The van der Waals surface area contributed by atoms with E-state index in [1.807, 2.05) is 35.0 Å². The van der Waals surface area contributed by atoms with E-state index in [-0.39, 0.29) is 5.91 Å². The number of piperidine rings is 1. The normalized spacial score (nSPS) is 25.4. The van der Waals surface area contributed by atoms with Crippen LogP contribution in [0.15, 0.2) is 36.5 Å². The fraction of sp³-hybridized carbons (Fsp3) is 0.480. The van der Waals surface area contributed by atoms with Crippen LogP contribution in [-0.4, -0.2) is 69.3 Å². The smallest absolute Gasteiger partial charge is 0.254 e. The zero-order chi connectivity index (χ0) is 21.8. The van der Waals surface area contributed by atoms with Crippen LogP contribution >= 0.6 is 0 Å². The van der Waals surface area contributed by atoms with Crippen LogP contribution in [0.1, 0.15) is 47.3 Å². The molecule has 1 aromatic carbocycles. The van der Waals surface area contributed by atoms with Crippen LogP contribution < -0.4 is 4.74 Å². The molecule has 0 N–H and O–H groups in total. The first-order chi connectivity index (χ1) is 15.6. The molecular weight excluding hydrogens is 402 g/mol. The molecule has 7 heteroatoms. The maximum atomic E-state index is 13.7. The van der Waals surface area contributed by atoms with Gasteiger partial charge < -0.3 is 14.5 Å². The number of pyridine rings is 1. The molecular formula is C25H29N5O2. The van der Waals surface area contributed by atoms with E-state index in [1.165, 1.54) is 12.8 Å². The molecule has 0 aliphatic carbocycles. The van der Waals surface area contributed by atoms with Crippen LogP contribution in [0.3, 0.4) is 0 Å². The Morgan fingerprint density at radius 2 is 1.81 bits per heavy atom. The first-order valence-corrected chi connectivity index (χ1v) is 11.6. The maximum Gasteiger partial charge on any atom is 0.254 e. The molecule has 3 aliphatic heterocycles. The fourth-order valence-corrected chi connectivity index (χ4v) is 6.01. The lowest BCUT2D eigenvalue weighted by Gasteiger charge is -2.41. The fourth-order valence-electron chi connectivity index (χ4n) is 6.01. The third-order valence-corrected chi connectivity index (χ3v) is 7.79. The van der Waals surface area contributed by atoms with Gasteiger partial charge in [0.25, 0.3) is 5.91 Å². The maximum absolute atomic E-state index is 13.7. The van der Waals surface area contributed by atoms with E-state index in [1.54, 1.807) is 13.3 Å². The van der Waals surface area contributed by atoms with Gasteiger partial charge in [-0.15, -0.1) is 0 Å². The van der Waals surface area contributed by atoms with Gasteiger partial charge in [-0.05, 0) is 56.5 Å². The van der Waals surface area contributed by atoms with Crippen LogP contribution in [0.25, 0.3) is 11.0 Å². The highest BCUT2D eigenvalue weighted by molar-refractivity contribution is 6.07. The second-order valence-corrected chi connectivity index (χ2v) is 9.43. The second-order valence-electron chi connectivity index (χ2n) is 9.43. The van der Waals surface area contributed by atoms with Crippen molar-refractivity contribution < 1.29 is 9.53 Å². The number of hydrogen-bond donors (Lipinski definition) is 0. The highest BCUT2D eigenvalue weighted by Crippen LogP contribution is 2.38. The van der Waals surface area contributed by atoms with E-state index in [9.17, 15) is 4.79 Å². The quantitative estimate of drug-likeness (QED) is 0.635. The molecule has 2 saturated heterocycles. The van der Waals surface area contributed by atoms with E-state index < -0.39 is 0 Å². The molecule has 2 atom stereocenters. The van der Waals surface area contributed by atoms with Crippen molar-refractivity contribution in [3.05, 3.63) is 53.3 Å². The first-order valence-electron chi connectivity index (χ1n) is 11.6. The van der Waals surface area contributed by atoms with E-state index >= 15 is 0 Å². The summed E-state index contributed by atoms with van der Waals surface area (Å²) in [5.41, 5.74) is 3.67. The summed E-state index contributed by atoms with van der Waals surface area (Å²) in [4.78, 5) is 23.0. The van der Waals surface area contributed by atoms with Gasteiger partial charge in [0.1, 0.15) is 5.75 Å². The van der Waals surface area contributed by atoms with Gasteiger partial charge in [-0.2, -0.15) is 5.10 Å². The Labute approximate surface area is 188 Å². The van der Waals surface area contributed by atoms with Crippen molar-refractivity contribution in [3.63, 3.8) is 0 Å². The standard InChI is InChI=1S/C25H29N5O2/c1-28-17-5-6-18(28)14-19(13-17)29-12-10-22-23-21(25(29)31)9-11-26-24(23)30(27-22)15-16-3-7-20(32-2)8-4-16/h3-4,7-9,11,17-19H,5-6,10,12-15H2,1-2H3. The molecule has 3 aliphatic rings. The summed E-state index contributed by atoms with van der Waals surface area (Å²) in [5, 5.41) is 5.86. The number of aromatic nitrogens is 3. The summed E-state index contributed by atoms with van der Waals surface area (Å²) in [6.07, 6.45) is 7.23. The number of rotatable bonds is 4. The number of amides is 1. The third kappa shape index (κ3) is 3.10. The van der Waals surface area contributed by atoms with Crippen molar-refractivity contribution >= 4 is 16.9 Å². The molecule has 0 spiro atoms. The van der Waals surface area contributed by atoms with Crippen LogP contribution in [-0.2, 0) is 13.0 Å². The molecule has 2 bridgehead atoms. The lowest BCUT2D eigenvalue weighted by atomic mass is 9.96. The second kappa shape index (κ2) is 7.59. The molecule has 0 saturated carbocycles. The molecule has 1 amide bonds. The van der Waals surface area contributed by atoms with Crippen molar-refractivity contribution in [3.8, 4) is 5.75 Å². The average Bonchev–Trinajstić information content (AvgIpc) is 3.18. The van der Waals surface area contributed by atoms with E-state index in [2.05, 4.69) is 21.8 Å². The summed E-state index contributed by atoms with van der Waals surface area (Å²) in [6.45, 7) is 1.35. The highest BCUT2D eigenvalue weighted by atomic mass is 16.5. The number of carbonyl (C=O) groups is 1. The van der Waals surface area contributed by atoms with Crippen molar-refractivity contribution in [2.75, 3.05) is 20.7 Å². The van der Waals surface area contributed by atoms with Gasteiger partial charge in [-0.3, -0.25) is 4.79 Å². The largest absolute Gasteiger partial charge is 0.497 e. The zero-order valence-corrected chi connectivity index (χ0v) is 18.7. The Bertz CT molecular complexity index is 1160. The Balaban J connectivity index is 1.32. The summed E-state index contributed by atoms with van der Waals surface area (Å²) in [6, 6.07) is 11.4. The summed E-state index contributed by atoms with van der Waals surface area (Å²) >= 11 is 0. The lowest BCUT2D eigenvalue weighted by Crippen LogP contribution is -2.51. The van der Waals surface area contributed by atoms with E-state index in [4.69, 9.17) is 9.84 Å². The molecule has 5 heterocycles. The molecule has 6 rings (SSSR count). The van der Waals surface area contributed by atoms with Gasteiger partial charge in [0.2, 0.25) is 0 Å². The molecule has 32 heavy (non-hydrogen) atoms. The highest BCUT2D eigenvalue weighted by Gasteiger charge is 2.42. The number of ether oxygens (including phenoxy) is 1. The molecule has 166 valence electrons. The number of hydrogen-bond acceptors (Lipinski definition) is 5. The first kappa shape index (κ1) is 19.7. The average molecular weight is 432 g/mol. The van der Waals surface area contributed by atoms with Crippen molar-refractivity contribution in [1.29, 1.82) is 0 Å². The summed E-state index contributed by atoms with van der Waals surface area (Å²) in [7, 11) is 3.92. The van der Waals surface area contributed by atoms with Gasteiger partial charge in [0.05, 0.1) is 30.3 Å². The Hall–Kier alpha value is -2.93. The molecule has 2 fully saturated rings. The predicted octanol–water partition coefficient (Wildman–Crippen LogP) is 3.11. The van der Waals surface area contributed by atoms with Crippen LogP contribution in [0.2, 0.25) is 0 Å². The number of methoxy groups -OCH3 is 1. The van der Waals surface area contributed by atoms with Crippen LogP contribution in [0.4, 0.5) is 0 Å². The van der Waals surface area contributed by atoms with Crippen LogP contribution in [0.5, 0.6) is 5.75 Å². The molecule has 3 aromatic rings. The number of nitrogens with zero attached hydrogens (tertiary/aromatic N) is 5.